The van der Waals surface area contributed by atoms with Gasteiger partial charge in [0.05, 0.1) is 0 Å². The summed E-state index contributed by atoms with van der Waals surface area (Å²) in [4.78, 5) is 18.4. The summed E-state index contributed by atoms with van der Waals surface area (Å²) >= 11 is 1.86. The van der Waals surface area contributed by atoms with Crippen molar-refractivity contribution in [2.75, 3.05) is 14.1 Å². The van der Waals surface area contributed by atoms with E-state index in [0.29, 0.717) is 17.6 Å². The molecule has 5 heteroatoms. The predicted octanol–water partition coefficient (Wildman–Crippen LogP) is 6.18. The molecule has 2 fully saturated rings. The maximum absolute atomic E-state index is 12.6. The van der Waals surface area contributed by atoms with Gasteiger partial charge in [-0.25, -0.2) is 0 Å². The summed E-state index contributed by atoms with van der Waals surface area (Å²) in [5, 5.41) is 2.18. The summed E-state index contributed by atoms with van der Waals surface area (Å²) in [6, 6.07) is 19.9. The SMILES string of the molecule is CN(C)C(=O)c1ccc2c(c1)Oc1ccccc1C2=C1CC2CCC(C1)N2Cc1cccs1. The standard InChI is InChI=1S/C28H28N2O2S/c1-29(2)28(31)18-9-12-24-26(16-18)32-25-8-4-3-7-23(25)27(24)19-14-20-10-11-21(15-19)30(20)17-22-6-5-13-33-22/h3-9,12-13,16,20-21H,10-11,14-15,17H2,1-2H3. The highest BCUT2D eigenvalue weighted by atomic mass is 32.1. The van der Waals surface area contributed by atoms with Gasteiger partial charge in [0.25, 0.3) is 5.91 Å². The number of rotatable bonds is 3. The maximum atomic E-state index is 12.6. The molecule has 6 rings (SSSR count). The number of nitrogens with zero attached hydrogens (tertiary/aromatic N) is 2. The van der Waals surface area contributed by atoms with Crippen molar-refractivity contribution in [3.8, 4) is 11.5 Å². The number of benzene rings is 2. The Bertz CT molecular complexity index is 1230. The van der Waals surface area contributed by atoms with Crippen LogP contribution in [0, 0.1) is 0 Å². The van der Waals surface area contributed by atoms with E-state index in [9.17, 15) is 4.79 Å². The van der Waals surface area contributed by atoms with Crippen molar-refractivity contribution in [2.24, 2.45) is 0 Å². The number of para-hydroxylation sites is 1. The van der Waals surface area contributed by atoms with Crippen molar-refractivity contribution in [3.05, 3.63) is 87.1 Å². The Morgan fingerprint density at radius 3 is 2.48 bits per heavy atom. The number of ether oxygens (including phenoxy) is 1. The van der Waals surface area contributed by atoms with Crippen molar-refractivity contribution in [3.63, 3.8) is 0 Å². The Morgan fingerprint density at radius 2 is 1.76 bits per heavy atom. The third kappa shape index (κ3) is 3.60. The van der Waals surface area contributed by atoms with Crippen LogP contribution in [-0.2, 0) is 6.54 Å². The Kier molecular flexibility index (Phi) is 5.11. The largest absolute Gasteiger partial charge is 0.456 e. The van der Waals surface area contributed by atoms with E-state index in [1.54, 1.807) is 19.0 Å². The lowest BCUT2D eigenvalue weighted by Crippen LogP contribution is -2.40. The van der Waals surface area contributed by atoms with E-state index in [0.717, 1.165) is 36.4 Å². The minimum Gasteiger partial charge on any atom is -0.456 e. The zero-order valence-electron chi connectivity index (χ0n) is 19.1. The smallest absolute Gasteiger partial charge is 0.253 e. The van der Waals surface area contributed by atoms with Crippen molar-refractivity contribution >= 4 is 22.8 Å². The summed E-state index contributed by atoms with van der Waals surface area (Å²) < 4.78 is 6.32. The zero-order chi connectivity index (χ0) is 22.5. The highest BCUT2D eigenvalue weighted by Crippen LogP contribution is 2.50. The summed E-state index contributed by atoms with van der Waals surface area (Å²) in [6.45, 7) is 1.07. The van der Waals surface area contributed by atoms with Crippen LogP contribution in [0.5, 0.6) is 11.5 Å². The average molecular weight is 457 g/mol. The van der Waals surface area contributed by atoms with Gasteiger partial charge >= 0.3 is 0 Å². The minimum atomic E-state index is -0.00519. The van der Waals surface area contributed by atoms with Gasteiger partial charge in [-0.15, -0.1) is 11.3 Å². The third-order valence-corrected chi connectivity index (χ3v) is 8.15. The number of amides is 1. The summed E-state index contributed by atoms with van der Waals surface area (Å²) in [5.74, 6) is 1.67. The molecule has 1 amide bonds. The van der Waals surface area contributed by atoms with E-state index in [-0.39, 0.29) is 5.91 Å². The summed E-state index contributed by atoms with van der Waals surface area (Å²) in [6.07, 6.45) is 4.74. The molecule has 0 aliphatic carbocycles. The van der Waals surface area contributed by atoms with Gasteiger partial charge < -0.3 is 9.64 Å². The first-order chi connectivity index (χ1) is 16.1. The first kappa shape index (κ1) is 20.7. The summed E-state index contributed by atoms with van der Waals surface area (Å²) in [5.41, 5.74) is 5.81. The molecule has 3 aromatic rings. The molecule has 2 aromatic carbocycles. The number of carbonyl (C=O) groups excluding carboxylic acids is 1. The Balaban J connectivity index is 1.41. The number of hydrogen-bond donors (Lipinski definition) is 0. The number of hydrogen-bond acceptors (Lipinski definition) is 4. The van der Waals surface area contributed by atoms with E-state index >= 15 is 0 Å². The Labute approximate surface area is 199 Å². The van der Waals surface area contributed by atoms with Crippen LogP contribution in [0.2, 0.25) is 0 Å². The van der Waals surface area contributed by atoms with Crippen molar-refractivity contribution < 1.29 is 9.53 Å². The van der Waals surface area contributed by atoms with E-state index in [4.69, 9.17) is 4.74 Å². The molecule has 0 saturated carbocycles. The first-order valence-electron chi connectivity index (χ1n) is 11.7. The van der Waals surface area contributed by atoms with Gasteiger partial charge in [0.2, 0.25) is 0 Å². The van der Waals surface area contributed by atoms with Gasteiger partial charge in [0.15, 0.2) is 0 Å². The highest BCUT2D eigenvalue weighted by Gasteiger charge is 2.40. The molecule has 0 spiro atoms. The normalized spacial score (nSPS) is 21.4. The number of piperidine rings is 1. The van der Waals surface area contributed by atoms with Gasteiger partial charge in [0.1, 0.15) is 11.5 Å². The van der Waals surface area contributed by atoms with Crippen molar-refractivity contribution in [2.45, 2.75) is 44.3 Å². The van der Waals surface area contributed by atoms with Crippen LogP contribution in [0.3, 0.4) is 0 Å². The van der Waals surface area contributed by atoms with E-state index in [1.165, 1.54) is 34.4 Å². The average Bonchev–Trinajstić information content (AvgIpc) is 3.41. The van der Waals surface area contributed by atoms with Gasteiger partial charge in [0, 0.05) is 54.3 Å². The monoisotopic (exact) mass is 456 g/mol. The molecule has 0 N–H and O–H groups in total. The lowest BCUT2D eigenvalue weighted by Gasteiger charge is -2.38. The molecule has 2 saturated heterocycles. The first-order valence-corrected chi connectivity index (χ1v) is 12.6. The van der Waals surface area contributed by atoms with Crippen LogP contribution in [0.25, 0.3) is 5.57 Å². The van der Waals surface area contributed by atoms with Crippen LogP contribution < -0.4 is 4.74 Å². The van der Waals surface area contributed by atoms with Crippen molar-refractivity contribution in [1.29, 1.82) is 0 Å². The Hall–Kier alpha value is -2.89. The topological polar surface area (TPSA) is 32.8 Å². The maximum Gasteiger partial charge on any atom is 0.253 e. The van der Waals surface area contributed by atoms with Gasteiger partial charge in [-0.3, -0.25) is 9.69 Å². The van der Waals surface area contributed by atoms with Gasteiger partial charge in [-0.1, -0.05) is 29.8 Å². The molecule has 3 aliphatic heterocycles. The number of carbonyl (C=O) groups is 1. The van der Waals surface area contributed by atoms with E-state index in [1.807, 2.05) is 35.6 Å². The number of fused-ring (bicyclic) bond motifs is 4. The second-order valence-electron chi connectivity index (χ2n) is 9.53. The van der Waals surface area contributed by atoms with Gasteiger partial charge in [-0.2, -0.15) is 0 Å². The van der Waals surface area contributed by atoms with Crippen LogP contribution in [0.1, 0.15) is 52.0 Å². The van der Waals surface area contributed by atoms with E-state index in [2.05, 4.69) is 40.6 Å². The molecule has 1 aromatic heterocycles. The second-order valence-corrected chi connectivity index (χ2v) is 10.6. The minimum absolute atomic E-state index is 0.00519. The fraction of sp³-hybridized carbons (Fsp3) is 0.321. The molecule has 33 heavy (non-hydrogen) atoms. The lowest BCUT2D eigenvalue weighted by atomic mass is 9.83. The van der Waals surface area contributed by atoms with Crippen LogP contribution in [-0.4, -0.2) is 41.9 Å². The molecule has 2 atom stereocenters. The summed E-state index contributed by atoms with van der Waals surface area (Å²) in [7, 11) is 3.57. The zero-order valence-corrected chi connectivity index (χ0v) is 19.9. The quantitative estimate of drug-likeness (QED) is 0.369. The molecular weight excluding hydrogens is 428 g/mol. The second kappa shape index (κ2) is 8.15. The molecule has 2 unspecified atom stereocenters. The fourth-order valence-corrected chi connectivity index (χ4v) is 6.47. The highest BCUT2D eigenvalue weighted by molar-refractivity contribution is 7.09. The molecule has 168 valence electrons. The molecule has 2 bridgehead atoms. The molecule has 3 aliphatic rings. The number of thiophene rings is 1. The van der Waals surface area contributed by atoms with Gasteiger partial charge in [-0.05, 0) is 67.0 Å². The third-order valence-electron chi connectivity index (χ3n) is 7.29. The predicted molar refractivity (Wildman–Crippen MR) is 133 cm³/mol. The molecular formula is C28H28N2O2S. The van der Waals surface area contributed by atoms with Crippen LogP contribution >= 0.6 is 11.3 Å². The fourth-order valence-electron chi connectivity index (χ4n) is 5.76. The van der Waals surface area contributed by atoms with E-state index < -0.39 is 0 Å². The Morgan fingerprint density at radius 1 is 1.00 bits per heavy atom. The van der Waals surface area contributed by atoms with Crippen molar-refractivity contribution in [1.82, 2.24) is 9.80 Å². The van der Waals surface area contributed by atoms with Crippen LogP contribution in [0.4, 0.5) is 0 Å². The van der Waals surface area contributed by atoms with Crippen LogP contribution in [0.15, 0.2) is 65.6 Å². The lowest BCUT2D eigenvalue weighted by molar-refractivity contribution is 0.0827. The molecule has 4 nitrogen and oxygen atoms in total. The molecule has 4 heterocycles. The molecule has 0 radical (unpaired) electrons.